The zero-order chi connectivity index (χ0) is 13.9. The largest absolute Gasteiger partial charge is 0.481 e. The molecule has 0 saturated carbocycles. The molecule has 0 bridgehead atoms. The van der Waals surface area contributed by atoms with Crippen LogP contribution in [-0.4, -0.2) is 17.9 Å². The van der Waals surface area contributed by atoms with Crippen molar-refractivity contribution < 1.29 is 14.3 Å². The Labute approximate surface area is 104 Å². The maximum absolute atomic E-state index is 11.2. The minimum atomic E-state index is -0.861. The molecule has 0 heterocycles. The van der Waals surface area contributed by atoms with Gasteiger partial charge in [-0.25, -0.2) is 0 Å². The maximum atomic E-state index is 11.2. The van der Waals surface area contributed by atoms with Gasteiger partial charge in [0.25, 0.3) is 5.91 Å². The van der Waals surface area contributed by atoms with E-state index in [4.69, 9.17) is 21.5 Å². The Morgan fingerprint density at radius 1 is 1.39 bits per heavy atom. The normalized spacial score (nSPS) is 11.4. The summed E-state index contributed by atoms with van der Waals surface area (Å²) in [5.74, 6) is -1.10. The van der Waals surface area contributed by atoms with E-state index in [0.29, 0.717) is 5.56 Å². The van der Waals surface area contributed by atoms with E-state index in [1.807, 2.05) is 6.07 Å². The lowest BCUT2D eigenvalue weighted by atomic mass is 10.0. The quantitative estimate of drug-likeness (QED) is 0.790. The van der Waals surface area contributed by atoms with E-state index in [2.05, 4.69) is 0 Å². The molecule has 1 unspecified atom stereocenters. The molecule has 2 amide bonds. The molecule has 1 aromatic carbocycles. The molecule has 94 valence electrons. The fraction of sp³-hybridized carbons (Fsp3) is 0.250. The van der Waals surface area contributed by atoms with Crippen molar-refractivity contribution in [3.8, 4) is 11.8 Å². The van der Waals surface area contributed by atoms with Crippen molar-refractivity contribution in [3.05, 3.63) is 28.8 Å². The van der Waals surface area contributed by atoms with Crippen molar-refractivity contribution in [1.82, 2.24) is 0 Å². The van der Waals surface area contributed by atoms with Crippen LogP contribution in [0.1, 0.15) is 28.4 Å². The number of carbonyl (C=O) groups excluding carboxylic acids is 2. The van der Waals surface area contributed by atoms with Gasteiger partial charge in [-0.2, -0.15) is 5.26 Å². The van der Waals surface area contributed by atoms with Crippen molar-refractivity contribution in [2.24, 2.45) is 11.5 Å². The highest BCUT2D eigenvalue weighted by Gasteiger charge is 2.15. The molecule has 0 aliphatic rings. The van der Waals surface area contributed by atoms with Gasteiger partial charge >= 0.3 is 0 Å². The molecule has 0 fully saturated rings. The maximum Gasteiger partial charge on any atom is 0.258 e. The van der Waals surface area contributed by atoms with Gasteiger partial charge in [0.2, 0.25) is 5.91 Å². The standard InChI is InChI=1S/C12H13N3O3/c1-6-8(5-13)3-9(4-10(6)12(15)17)18-7(2)11(14)16/h3-4,7H,1-2H3,(H2,14,16)(H2,15,17). The molecule has 1 rings (SSSR count). The molecule has 6 heteroatoms. The Balaban J connectivity index is 3.23. The summed E-state index contributed by atoms with van der Waals surface area (Å²) in [5.41, 5.74) is 11.2. The summed E-state index contributed by atoms with van der Waals surface area (Å²) < 4.78 is 5.23. The van der Waals surface area contributed by atoms with Crippen molar-refractivity contribution >= 4 is 11.8 Å². The van der Waals surface area contributed by atoms with Gasteiger partial charge in [0, 0.05) is 5.56 Å². The van der Waals surface area contributed by atoms with Gasteiger partial charge in [0.15, 0.2) is 6.10 Å². The smallest absolute Gasteiger partial charge is 0.258 e. The second-order valence-electron chi connectivity index (χ2n) is 3.78. The van der Waals surface area contributed by atoms with E-state index < -0.39 is 17.9 Å². The highest BCUT2D eigenvalue weighted by molar-refractivity contribution is 5.95. The summed E-state index contributed by atoms with van der Waals surface area (Å²) in [4.78, 5) is 22.1. The first-order valence-electron chi connectivity index (χ1n) is 5.17. The highest BCUT2D eigenvalue weighted by Crippen LogP contribution is 2.22. The second-order valence-corrected chi connectivity index (χ2v) is 3.78. The number of primary amides is 2. The summed E-state index contributed by atoms with van der Waals surface area (Å²) >= 11 is 0. The Bertz CT molecular complexity index is 546. The van der Waals surface area contributed by atoms with E-state index >= 15 is 0 Å². The molecule has 0 aliphatic heterocycles. The third kappa shape index (κ3) is 2.77. The van der Waals surface area contributed by atoms with E-state index in [9.17, 15) is 9.59 Å². The van der Waals surface area contributed by atoms with Crippen LogP contribution < -0.4 is 16.2 Å². The third-order valence-electron chi connectivity index (χ3n) is 2.48. The van der Waals surface area contributed by atoms with E-state index in [-0.39, 0.29) is 16.9 Å². The van der Waals surface area contributed by atoms with Crippen molar-refractivity contribution in [2.75, 3.05) is 0 Å². The lowest BCUT2D eigenvalue weighted by Crippen LogP contribution is -2.30. The zero-order valence-electron chi connectivity index (χ0n) is 10.1. The number of benzene rings is 1. The van der Waals surface area contributed by atoms with Gasteiger partial charge in [-0.15, -0.1) is 0 Å². The highest BCUT2D eigenvalue weighted by atomic mass is 16.5. The van der Waals surface area contributed by atoms with Crippen LogP contribution in [0.3, 0.4) is 0 Å². The number of hydrogen-bond acceptors (Lipinski definition) is 4. The molecule has 18 heavy (non-hydrogen) atoms. The molecule has 1 aromatic rings. The SMILES string of the molecule is Cc1c(C#N)cc(OC(C)C(N)=O)cc1C(N)=O. The number of amides is 2. The zero-order valence-corrected chi connectivity index (χ0v) is 10.1. The first kappa shape index (κ1) is 13.5. The van der Waals surface area contributed by atoms with Crippen LogP contribution in [0.5, 0.6) is 5.75 Å². The molecule has 0 radical (unpaired) electrons. The van der Waals surface area contributed by atoms with Crippen molar-refractivity contribution in [1.29, 1.82) is 5.26 Å². The molecular weight excluding hydrogens is 234 g/mol. The number of hydrogen-bond donors (Lipinski definition) is 2. The minimum absolute atomic E-state index is 0.181. The van der Waals surface area contributed by atoms with Crippen LogP contribution in [0.15, 0.2) is 12.1 Å². The molecule has 1 atom stereocenters. The molecule has 0 aromatic heterocycles. The Hall–Kier alpha value is -2.55. The topological polar surface area (TPSA) is 119 Å². The number of nitrogens with zero attached hydrogens (tertiary/aromatic N) is 1. The molecular formula is C12H13N3O3. The second kappa shape index (κ2) is 5.19. The van der Waals surface area contributed by atoms with Crippen LogP contribution in [0.2, 0.25) is 0 Å². The van der Waals surface area contributed by atoms with E-state index in [0.717, 1.165) is 0 Å². The van der Waals surface area contributed by atoms with Crippen molar-refractivity contribution in [2.45, 2.75) is 20.0 Å². The fourth-order valence-corrected chi connectivity index (χ4v) is 1.39. The number of carbonyl (C=O) groups is 2. The van der Waals surface area contributed by atoms with E-state index in [1.165, 1.54) is 19.1 Å². The van der Waals surface area contributed by atoms with Crippen LogP contribution >= 0.6 is 0 Å². The first-order chi connectivity index (χ1) is 8.36. The number of nitrogens with two attached hydrogens (primary N) is 2. The van der Waals surface area contributed by atoms with Gasteiger partial charge < -0.3 is 16.2 Å². The molecule has 6 nitrogen and oxygen atoms in total. The monoisotopic (exact) mass is 247 g/mol. The number of ether oxygens (including phenoxy) is 1. The summed E-state index contributed by atoms with van der Waals surface area (Å²) in [6, 6.07) is 4.75. The van der Waals surface area contributed by atoms with Gasteiger partial charge in [-0.3, -0.25) is 9.59 Å². The molecule has 0 spiro atoms. The van der Waals surface area contributed by atoms with Gasteiger partial charge in [-0.05, 0) is 31.5 Å². The van der Waals surface area contributed by atoms with Crippen LogP contribution in [0, 0.1) is 18.3 Å². The number of nitriles is 1. The average molecular weight is 247 g/mol. The van der Waals surface area contributed by atoms with Crippen molar-refractivity contribution in [3.63, 3.8) is 0 Å². The fourth-order valence-electron chi connectivity index (χ4n) is 1.39. The predicted octanol–water partition coefficient (Wildman–Crippen LogP) is 0.218. The van der Waals surface area contributed by atoms with Gasteiger partial charge in [0.1, 0.15) is 5.75 Å². The Kier molecular flexibility index (Phi) is 3.89. The number of rotatable bonds is 4. The van der Waals surface area contributed by atoms with Crippen LogP contribution in [0.25, 0.3) is 0 Å². The van der Waals surface area contributed by atoms with Gasteiger partial charge in [0.05, 0.1) is 11.6 Å². The summed E-state index contributed by atoms with van der Waals surface area (Å²) in [7, 11) is 0. The van der Waals surface area contributed by atoms with Crippen LogP contribution in [0.4, 0.5) is 0 Å². The average Bonchev–Trinajstić information content (AvgIpc) is 2.30. The Morgan fingerprint density at radius 2 is 2.00 bits per heavy atom. The molecule has 0 aliphatic carbocycles. The Morgan fingerprint density at radius 3 is 2.44 bits per heavy atom. The first-order valence-corrected chi connectivity index (χ1v) is 5.17. The molecule has 4 N–H and O–H groups in total. The lowest BCUT2D eigenvalue weighted by molar-refractivity contribution is -0.123. The summed E-state index contributed by atoms with van der Waals surface area (Å²) in [6.07, 6.45) is -0.861. The summed E-state index contributed by atoms with van der Waals surface area (Å²) in [6.45, 7) is 3.08. The molecule has 0 saturated heterocycles. The summed E-state index contributed by atoms with van der Waals surface area (Å²) in [5, 5.41) is 8.94. The lowest BCUT2D eigenvalue weighted by Gasteiger charge is -2.13. The van der Waals surface area contributed by atoms with E-state index in [1.54, 1.807) is 6.92 Å². The third-order valence-corrected chi connectivity index (χ3v) is 2.48. The minimum Gasteiger partial charge on any atom is -0.481 e. The predicted molar refractivity (Wildman–Crippen MR) is 63.7 cm³/mol. The van der Waals surface area contributed by atoms with Gasteiger partial charge in [-0.1, -0.05) is 0 Å². The van der Waals surface area contributed by atoms with Crippen LogP contribution in [-0.2, 0) is 4.79 Å².